The van der Waals surface area contributed by atoms with Gasteiger partial charge in [-0.2, -0.15) is 0 Å². The second kappa shape index (κ2) is 6.59. The predicted molar refractivity (Wildman–Crippen MR) is 77.1 cm³/mol. The molecule has 0 aromatic heterocycles. The largest absolute Gasteiger partial charge is 0.506 e. The number of methoxy groups -OCH3 is 1. The second-order valence-corrected chi connectivity index (χ2v) is 4.56. The maximum atomic E-state index is 11.7. The molecule has 0 fully saturated rings. The van der Waals surface area contributed by atoms with E-state index < -0.39 is 5.97 Å². The molecule has 1 aromatic carbocycles. The minimum absolute atomic E-state index is 0.0247. The zero-order chi connectivity index (χ0) is 14.6. The summed E-state index contributed by atoms with van der Waals surface area (Å²) in [6, 6.07) is 4.52. The number of hydrogen-bond donors (Lipinski definition) is 1. The van der Waals surface area contributed by atoms with Crippen molar-refractivity contribution in [1.29, 1.82) is 0 Å². The van der Waals surface area contributed by atoms with Gasteiger partial charge in [-0.05, 0) is 25.1 Å². The highest BCUT2D eigenvalue weighted by Crippen LogP contribution is 2.25. The van der Waals surface area contributed by atoms with Crippen molar-refractivity contribution in [2.45, 2.75) is 6.92 Å². The van der Waals surface area contributed by atoms with E-state index in [9.17, 15) is 9.90 Å². The Labute approximate surface area is 121 Å². The minimum atomic E-state index is -0.684. The lowest BCUT2D eigenvalue weighted by Gasteiger charge is -2.09. The van der Waals surface area contributed by atoms with Crippen molar-refractivity contribution >= 4 is 40.6 Å². The van der Waals surface area contributed by atoms with E-state index >= 15 is 0 Å². The average molecular weight is 302 g/mol. The van der Waals surface area contributed by atoms with Crippen molar-refractivity contribution in [1.82, 2.24) is 0 Å². The van der Waals surface area contributed by atoms with Crippen LogP contribution in [0.2, 0.25) is 10.0 Å². The van der Waals surface area contributed by atoms with Crippen LogP contribution in [0.1, 0.15) is 12.5 Å². The Hall–Kier alpha value is -1.52. The van der Waals surface area contributed by atoms with Crippen LogP contribution >= 0.6 is 23.2 Å². The molecule has 0 heterocycles. The van der Waals surface area contributed by atoms with E-state index in [1.54, 1.807) is 6.92 Å². The fourth-order valence-electron chi connectivity index (χ4n) is 1.46. The molecule has 1 N–H and O–H groups in total. The summed E-state index contributed by atoms with van der Waals surface area (Å²) in [7, 11) is 2.74. The van der Waals surface area contributed by atoms with Crippen LogP contribution in [0.25, 0.3) is 5.76 Å². The molecule has 102 valence electrons. The number of ether oxygens (including phenoxy) is 1. The number of benzene rings is 1. The fourth-order valence-corrected chi connectivity index (χ4v) is 1.99. The van der Waals surface area contributed by atoms with Gasteiger partial charge < -0.3 is 9.84 Å². The molecule has 0 spiro atoms. The van der Waals surface area contributed by atoms with Gasteiger partial charge >= 0.3 is 5.97 Å². The number of aliphatic imine (C=N–C) groups is 1. The summed E-state index contributed by atoms with van der Waals surface area (Å²) in [5, 5.41) is 10.9. The Bertz CT molecular complexity index is 545. The lowest BCUT2D eigenvalue weighted by molar-refractivity contribution is -0.135. The van der Waals surface area contributed by atoms with Gasteiger partial charge in [0.25, 0.3) is 0 Å². The molecule has 0 saturated heterocycles. The fraction of sp³-hybridized carbons (Fsp3) is 0.231. The zero-order valence-corrected chi connectivity index (χ0v) is 12.2. The van der Waals surface area contributed by atoms with E-state index in [1.165, 1.54) is 32.4 Å². The molecule has 4 nitrogen and oxygen atoms in total. The molecule has 0 amide bonds. The summed E-state index contributed by atoms with van der Waals surface area (Å²) < 4.78 is 4.63. The second-order valence-electron chi connectivity index (χ2n) is 3.68. The van der Waals surface area contributed by atoms with Gasteiger partial charge in [-0.1, -0.05) is 23.2 Å². The van der Waals surface area contributed by atoms with Crippen LogP contribution in [-0.2, 0) is 9.53 Å². The van der Waals surface area contributed by atoms with Gasteiger partial charge in [0.2, 0.25) is 0 Å². The molecular formula is C13H13Cl2NO3. The summed E-state index contributed by atoms with van der Waals surface area (Å²) in [5.74, 6) is -0.962. The lowest BCUT2D eigenvalue weighted by Crippen LogP contribution is -2.14. The third-order valence-electron chi connectivity index (χ3n) is 2.46. The van der Waals surface area contributed by atoms with Gasteiger partial charge in [-0.3, -0.25) is 4.99 Å². The predicted octanol–water partition coefficient (Wildman–Crippen LogP) is 3.53. The minimum Gasteiger partial charge on any atom is -0.506 e. The molecule has 0 aliphatic heterocycles. The Morgan fingerprint density at radius 1 is 1.26 bits per heavy atom. The topological polar surface area (TPSA) is 58.9 Å². The van der Waals surface area contributed by atoms with Gasteiger partial charge in [0, 0.05) is 28.4 Å². The molecule has 1 rings (SSSR count). The van der Waals surface area contributed by atoms with Crippen LogP contribution in [0.3, 0.4) is 0 Å². The summed E-state index contributed by atoms with van der Waals surface area (Å²) in [4.78, 5) is 15.6. The van der Waals surface area contributed by atoms with E-state index in [1.807, 2.05) is 0 Å². The first kappa shape index (κ1) is 15.5. The smallest absolute Gasteiger partial charge is 0.343 e. The number of esters is 1. The van der Waals surface area contributed by atoms with Gasteiger partial charge in [-0.25, -0.2) is 4.79 Å². The maximum Gasteiger partial charge on any atom is 0.343 e. The normalized spacial score (nSPS) is 13.0. The first-order valence-corrected chi connectivity index (χ1v) is 6.08. The zero-order valence-electron chi connectivity index (χ0n) is 10.7. The Morgan fingerprint density at radius 2 is 1.79 bits per heavy atom. The van der Waals surface area contributed by atoms with E-state index in [0.29, 0.717) is 21.3 Å². The van der Waals surface area contributed by atoms with Crippen LogP contribution in [0, 0.1) is 0 Å². The SMILES string of the molecule is CN=C(C)/C(C(=O)OC)=C(\O)c1cc(Cl)cc(Cl)c1. The number of hydrogen-bond acceptors (Lipinski definition) is 4. The molecule has 0 aliphatic carbocycles. The Morgan fingerprint density at radius 3 is 2.21 bits per heavy atom. The monoisotopic (exact) mass is 301 g/mol. The third-order valence-corrected chi connectivity index (χ3v) is 2.90. The van der Waals surface area contributed by atoms with Crippen molar-refractivity contribution in [2.24, 2.45) is 4.99 Å². The maximum absolute atomic E-state index is 11.7. The molecule has 0 atom stereocenters. The highest BCUT2D eigenvalue weighted by Gasteiger charge is 2.20. The number of halogens is 2. The van der Waals surface area contributed by atoms with E-state index in [-0.39, 0.29) is 11.3 Å². The van der Waals surface area contributed by atoms with Crippen molar-refractivity contribution in [3.05, 3.63) is 39.4 Å². The van der Waals surface area contributed by atoms with Crippen LogP contribution < -0.4 is 0 Å². The number of aliphatic hydroxyl groups is 1. The quantitative estimate of drug-likeness (QED) is 0.402. The van der Waals surface area contributed by atoms with Crippen LogP contribution in [0.15, 0.2) is 28.8 Å². The molecular weight excluding hydrogens is 289 g/mol. The molecule has 0 unspecified atom stereocenters. The van der Waals surface area contributed by atoms with Crippen molar-refractivity contribution in [2.75, 3.05) is 14.2 Å². The molecule has 0 bridgehead atoms. The number of carbonyl (C=O) groups excluding carboxylic acids is 1. The molecule has 0 saturated carbocycles. The summed E-state index contributed by atoms with van der Waals surface area (Å²) in [6.07, 6.45) is 0. The molecule has 1 aromatic rings. The standard InChI is InChI=1S/C13H13Cl2NO3/c1-7(16-2)11(13(18)19-3)12(17)8-4-9(14)6-10(15)5-8/h4-6,17H,1-3H3/b12-11+,16-7?. The Balaban J connectivity index is 3.48. The first-order valence-electron chi connectivity index (χ1n) is 5.32. The van der Waals surface area contributed by atoms with Crippen LogP contribution in [0.5, 0.6) is 0 Å². The average Bonchev–Trinajstić information content (AvgIpc) is 2.37. The van der Waals surface area contributed by atoms with Gasteiger partial charge in [0.15, 0.2) is 0 Å². The number of nitrogens with zero attached hydrogens (tertiary/aromatic N) is 1. The molecule has 0 aliphatic rings. The van der Waals surface area contributed by atoms with Crippen LogP contribution in [-0.4, -0.2) is 30.9 Å². The van der Waals surface area contributed by atoms with Crippen molar-refractivity contribution in [3.63, 3.8) is 0 Å². The van der Waals surface area contributed by atoms with Crippen molar-refractivity contribution in [3.8, 4) is 0 Å². The van der Waals surface area contributed by atoms with E-state index in [4.69, 9.17) is 23.2 Å². The molecule has 6 heteroatoms. The highest BCUT2D eigenvalue weighted by atomic mass is 35.5. The highest BCUT2D eigenvalue weighted by molar-refractivity contribution is 6.35. The number of carbonyl (C=O) groups is 1. The van der Waals surface area contributed by atoms with Gasteiger partial charge in [-0.15, -0.1) is 0 Å². The first-order chi connectivity index (χ1) is 8.90. The molecule has 0 radical (unpaired) electrons. The third kappa shape index (κ3) is 3.72. The van der Waals surface area contributed by atoms with E-state index in [0.717, 1.165) is 0 Å². The summed E-state index contributed by atoms with van der Waals surface area (Å²) in [5.41, 5.74) is 0.643. The Kier molecular flexibility index (Phi) is 5.39. The summed E-state index contributed by atoms with van der Waals surface area (Å²) in [6.45, 7) is 1.59. The number of aliphatic hydroxyl groups excluding tert-OH is 1. The molecule has 19 heavy (non-hydrogen) atoms. The van der Waals surface area contributed by atoms with E-state index in [2.05, 4.69) is 9.73 Å². The van der Waals surface area contributed by atoms with Gasteiger partial charge in [0.05, 0.1) is 7.11 Å². The van der Waals surface area contributed by atoms with Gasteiger partial charge in [0.1, 0.15) is 11.3 Å². The van der Waals surface area contributed by atoms with Crippen LogP contribution in [0.4, 0.5) is 0 Å². The summed E-state index contributed by atoms with van der Waals surface area (Å²) >= 11 is 11.7. The van der Waals surface area contributed by atoms with Crippen molar-refractivity contribution < 1.29 is 14.6 Å². The lowest BCUT2D eigenvalue weighted by atomic mass is 10.0. The number of rotatable bonds is 3.